The van der Waals surface area contributed by atoms with E-state index < -0.39 is 22.0 Å². The Morgan fingerprint density at radius 2 is 1.62 bits per heavy atom. The Bertz CT molecular complexity index is 850. The first-order valence-corrected chi connectivity index (χ1v) is 9.82. The van der Waals surface area contributed by atoms with Crippen molar-refractivity contribution in [3.8, 4) is 5.75 Å². The number of carbonyl (C=O) groups excluding carboxylic acids is 1. The zero-order chi connectivity index (χ0) is 19.3. The van der Waals surface area contributed by atoms with Crippen molar-refractivity contribution in [2.45, 2.75) is 24.8 Å². The molecule has 0 bridgehead atoms. The molecule has 1 atom stereocenters. The van der Waals surface area contributed by atoms with Crippen LogP contribution >= 0.6 is 11.6 Å². The Hall–Kier alpha value is -2.09. The molecule has 8 heteroatoms. The summed E-state index contributed by atoms with van der Waals surface area (Å²) in [6.45, 7) is 3.53. The van der Waals surface area contributed by atoms with Gasteiger partial charge in [-0.15, -0.1) is 0 Å². The van der Waals surface area contributed by atoms with E-state index in [9.17, 15) is 13.2 Å². The van der Waals surface area contributed by atoms with Gasteiger partial charge in [0.05, 0.1) is 12.0 Å². The molecule has 0 aromatic heterocycles. The first-order valence-electron chi connectivity index (χ1n) is 7.96. The average Bonchev–Trinajstić information content (AvgIpc) is 2.60. The van der Waals surface area contributed by atoms with Crippen LogP contribution in [-0.2, 0) is 14.8 Å². The van der Waals surface area contributed by atoms with Crippen molar-refractivity contribution in [3.05, 3.63) is 53.6 Å². The molecule has 0 saturated carbocycles. The lowest BCUT2D eigenvalue weighted by atomic mass is 10.0. The molecule has 0 saturated heterocycles. The number of rotatable bonds is 7. The second-order valence-electron chi connectivity index (χ2n) is 6.01. The summed E-state index contributed by atoms with van der Waals surface area (Å²) >= 11 is 5.79. The van der Waals surface area contributed by atoms with E-state index in [4.69, 9.17) is 16.3 Å². The largest absolute Gasteiger partial charge is 0.497 e. The molecule has 0 radical (unpaired) electrons. The number of carbonyl (C=O) groups is 1. The molecule has 0 aliphatic carbocycles. The molecular formula is C18H21ClN2O4S. The summed E-state index contributed by atoms with van der Waals surface area (Å²) in [5.41, 5.74) is 0.548. The second kappa shape index (κ2) is 8.53. The van der Waals surface area contributed by atoms with E-state index >= 15 is 0 Å². The van der Waals surface area contributed by atoms with Gasteiger partial charge in [0.25, 0.3) is 0 Å². The molecular weight excluding hydrogens is 376 g/mol. The summed E-state index contributed by atoms with van der Waals surface area (Å²) in [4.78, 5) is 12.6. The fourth-order valence-corrected chi connectivity index (χ4v) is 3.71. The van der Waals surface area contributed by atoms with Gasteiger partial charge in [-0.25, -0.2) is 8.42 Å². The molecule has 140 valence electrons. The van der Waals surface area contributed by atoms with E-state index in [1.165, 1.54) is 24.3 Å². The van der Waals surface area contributed by atoms with Crippen molar-refractivity contribution in [1.82, 2.24) is 4.72 Å². The van der Waals surface area contributed by atoms with E-state index in [2.05, 4.69) is 10.0 Å². The quantitative estimate of drug-likeness (QED) is 0.752. The Morgan fingerprint density at radius 1 is 1.04 bits per heavy atom. The molecule has 2 N–H and O–H groups in total. The van der Waals surface area contributed by atoms with Crippen molar-refractivity contribution in [2.24, 2.45) is 5.92 Å². The molecule has 2 aromatic rings. The third kappa shape index (κ3) is 5.20. The van der Waals surface area contributed by atoms with Crippen molar-refractivity contribution in [3.63, 3.8) is 0 Å². The number of benzene rings is 2. The van der Waals surface area contributed by atoms with Crippen molar-refractivity contribution in [2.75, 3.05) is 12.4 Å². The molecule has 0 heterocycles. The van der Waals surface area contributed by atoms with Crippen LogP contribution in [0.25, 0.3) is 0 Å². The molecule has 0 aliphatic rings. The maximum Gasteiger partial charge on any atom is 0.242 e. The topological polar surface area (TPSA) is 84.5 Å². The lowest BCUT2D eigenvalue weighted by Gasteiger charge is -2.21. The zero-order valence-electron chi connectivity index (χ0n) is 14.7. The van der Waals surface area contributed by atoms with Crippen LogP contribution in [-0.4, -0.2) is 27.5 Å². The maximum atomic E-state index is 12.6. The van der Waals surface area contributed by atoms with Gasteiger partial charge >= 0.3 is 0 Å². The van der Waals surface area contributed by atoms with Crippen LogP contribution in [0.4, 0.5) is 5.69 Å². The summed E-state index contributed by atoms with van der Waals surface area (Å²) in [5, 5.41) is 3.15. The molecule has 26 heavy (non-hydrogen) atoms. The summed E-state index contributed by atoms with van der Waals surface area (Å²) in [6.07, 6.45) is 0. The Morgan fingerprint density at radius 3 is 2.12 bits per heavy atom. The van der Waals surface area contributed by atoms with Crippen molar-refractivity contribution >= 4 is 33.2 Å². The van der Waals surface area contributed by atoms with Gasteiger partial charge in [-0.05, 0) is 54.4 Å². The lowest BCUT2D eigenvalue weighted by Crippen LogP contribution is -2.47. The number of nitrogens with one attached hydrogen (secondary N) is 2. The predicted molar refractivity (Wildman–Crippen MR) is 102 cm³/mol. The van der Waals surface area contributed by atoms with Crippen LogP contribution in [0.5, 0.6) is 5.75 Å². The molecule has 2 rings (SSSR count). The molecule has 6 nitrogen and oxygen atoms in total. The highest BCUT2D eigenvalue weighted by Crippen LogP contribution is 2.18. The number of sulfonamides is 1. The fraction of sp³-hybridized carbons (Fsp3) is 0.278. The van der Waals surface area contributed by atoms with Crippen molar-refractivity contribution < 1.29 is 17.9 Å². The highest BCUT2D eigenvalue weighted by Gasteiger charge is 2.28. The van der Waals surface area contributed by atoms with Crippen LogP contribution < -0.4 is 14.8 Å². The number of halogens is 1. The zero-order valence-corrected chi connectivity index (χ0v) is 16.3. The Kier molecular flexibility index (Phi) is 6.63. The molecule has 1 amide bonds. The van der Waals surface area contributed by atoms with Gasteiger partial charge in [0.15, 0.2) is 0 Å². The summed E-state index contributed by atoms with van der Waals surface area (Å²) < 4.78 is 32.6. The Balaban J connectivity index is 2.16. The van der Waals surface area contributed by atoms with E-state index in [-0.39, 0.29) is 10.8 Å². The van der Waals surface area contributed by atoms with Crippen molar-refractivity contribution in [1.29, 1.82) is 0 Å². The van der Waals surface area contributed by atoms with Gasteiger partial charge in [0.2, 0.25) is 15.9 Å². The average molecular weight is 397 g/mol. The van der Waals surface area contributed by atoms with E-state index in [1.807, 2.05) is 0 Å². The molecule has 0 fully saturated rings. The molecule has 2 aromatic carbocycles. The highest BCUT2D eigenvalue weighted by molar-refractivity contribution is 7.89. The third-order valence-corrected chi connectivity index (χ3v) is 5.42. The molecule has 1 unspecified atom stereocenters. The normalized spacial score (nSPS) is 12.7. The number of anilines is 1. The van der Waals surface area contributed by atoms with Gasteiger partial charge in [0.1, 0.15) is 11.8 Å². The van der Waals surface area contributed by atoms with Crippen LogP contribution in [0, 0.1) is 5.92 Å². The summed E-state index contributed by atoms with van der Waals surface area (Å²) in [5.74, 6) is -0.0371. The molecule has 0 spiro atoms. The SMILES string of the molecule is COc1ccc(NC(=O)C(NS(=O)(=O)c2ccc(Cl)cc2)C(C)C)cc1. The van der Waals surface area contributed by atoms with E-state index in [0.717, 1.165) is 0 Å². The first-order chi connectivity index (χ1) is 12.2. The highest BCUT2D eigenvalue weighted by atomic mass is 35.5. The Labute approximate surface area is 158 Å². The number of hydrogen-bond acceptors (Lipinski definition) is 4. The summed E-state index contributed by atoms with van der Waals surface area (Å²) in [7, 11) is -2.31. The monoisotopic (exact) mass is 396 g/mol. The minimum atomic E-state index is -3.86. The van der Waals surface area contributed by atoms with Crippen LogP contribution in [0.15, 0.2) is 53.4 Å². The number of amides is 1. The van der Waals surface area contributed by atoms with Crippen LogP contribution in [0.2, 0.25) is 5.02 Å². The van der Waals surface area contributed by atoms with Gasteiger partial charge in [-0.2, -0.15) is 4.72 Å². The van der Waals surface area contributed by atoms with Gasteiger partial charge in [0, 0.05) is 10.7 Å². The number of methoxy groups -OCH3 is 1. The number of hydrogen-bond donors (Lipinski definition) is 2. The predicted octanol–water partition coefficient (Wildman–Crippen LogP) is 3.29. The lowest BCUT2D eigenvalue weighted by molar-refractivity contribution is -0.118. The maximum absolute atomic E-state index is 12.6. The third-order valence-electron chi connectivity index (χ3n) is 3.71. The summed E-state index contributed by atoms with van der Waals surface area (Å²) in [6, 6.07) is 11.6. The first kappa shape index (κ1) is 20.2. The van der Waals surface area contributed by atoms with Crippen LogP contribution in [0.3, 0.4) is 0 Å². The van der Waals surface area contributed by atoms with Gasteiger partial charge < -0.3 is 10.1 Å². The minimum Gasteiger partial charge on any atom is -0.497 e. The smallest absolute Gasteiger partial charge is 0.242 e. The van der Waals surface area contributed by atoms with Gasteiger partial charge in [-0.1, -0.05) is 25.4 Å². The minimum absolute atomic E-state index is 0.0461. The van der Waals surface area contributed by atoms with E-state index in [1.54, 1.807) is 45.2 Å². The van der Waals surface area contributed by atoms with Gasteiger partial charge in [-0.3, -0.25) is 4.79 Å². The fourth-order valence-electron chi connectivity index (χ4n) is 2.24. The van der Waals surface area contributed by atoms with E-state index in [0.29, 0.717) is 16.5 Å². The number of ether oxygens (including phenoxy) is 1. The standard InChI is InChI=1S/C18H21ClN2O4S/c1-12(2)17(18(22)20-14-6-8-15(25-3)9-7-14)21-26(23,24)16-10-4-13(19)5-11-16/h4-12,17,21H,1-3H3,(H,20,22). The second-order valence-corrected chi connectivity index (χ2v) is 8.17. The molecule has 0 aliphatic heterocycles. The van der Waals surface area contributed by atoms with Crippen LogP contribution in [0.1, 0.15) is 13.8 Å².